The zero-order chi connectivity index (χ0) is 23.8. The van der Waals surface area contributed by atoms with Crippen LogP contribution in [0.25, 0.3) is 0 Å². The van der Waals surface area contributed by atoms with Gasteiger partial charge in [-0.1, -0.05) is 12.1 Å². The number of benzene rings is 2. The molecule has 0 radical (unpaired) electrons. The van der Waals surface area contributed by atoms with Crippen molar-refractivity contribution in [3.05, 3.63) is 59.7 Å². The number of esters is 1. The van der Waals surface area contributed by atoms with E-state index in [0.717, 1.165) is 0 Å². The summed E-state index contributed by atoms with van der Waals surface area (Å²) in [5.41, 5.74) is 1.07. The average Bonchev–Trinajstić information content (AvgIpc) is 2.84. The quantitative estimate of drug-likeness (QED) is 0.457. The number of morpholine rings is 1. The third kappa shape index (κ3) is 6.39. The highest BCUT2D eigenvalue weighted by atomic mass is 16.5. The molecule has 0 spiro atoms. The second kappa shape index (κ2) is 11.2. The molecular formula is C24H26N2O7. The van der Waals surface area contributed by atoms with Crippen LogP contribution in [0.2, 0.25) is 0 Å². The molecule has 1 N–H and O–H groups in total. The average molecular weight is 454 g/mol. The van der Waals surface area contributed by atoms with Crippen LogP contribution in [0.5, 0.6) is 5.75 Å². The number of Topliss-reactive ketones (excluding diaryl/α,β-unsaturated/α-hetero) is 1. The number of carbonyl (C=O) groups is 4. The zero-order valence-corrected chi connectivity index (χ0v) is 18.5. The lowest BCUT2D eigenvalue weighted by atomic mass is 10.1. The van der Waals surface area contributed by atoms with Gasteiger partial charge in [-0.05, 0) is 43.3 Å². The molecule has 2 aromatic rings. The number of anilines is 1. The van der Waals surface area contributed by atoms with E-state index in [1.165, 1.54) is 19.2 Å². The lowest BCUT2D eigenvalue weighted by Gasteiger charge is -2.31. The summed E-state index contributed by atoms with van der Waals surface area (Å²) in [7, 11) is 1.50. The minimum absolute atomic E-state index is 0.0918. The molecule has 33 heavy (non-hydrogen) atoms. The molecule has 1 aliphatic heterocycles. The normalized spacial score (nSPS) is 15.6. The maximum Gasteiger partial charge on any atom is 0.338 e. The maximum atomic E-state index is 12.3. The van der Waals surface area contributed by atoms with Crippen LogP contribution in [0.15, 0.2) is 48.5 Å². The summed E-state index contributed by atoms with van der Waals surface area (Å²) in [6, 6.07) is 12.6. The molecule has 0 aromatic heterocycles. The van der Waals surface area contributed by atoms with Crippen molar-refractivity contribution >= 4 is 29.3 Å². The molecule has 9 nitrogen and oxygen atoms in total. The van der Waals surface area contributed by atoms with E-state index in [2.05, 4.69) is 5.32 Å². The van der Waals surface area contributed by atoms with Gasteiger partial charge in [-0.25, -0.2) is 4.79 Å². The number of hydrogen-bond acceptors (Lipinski definition) is 7. The van der Waals surface area contributed by atoms with Gasteiger partial charge in [0, 0.05) is 24.3 Å². The molecule has 2 amide bonds. The van der Waals surface area contributed by atoms with E-state index in [1.807, 2.05) is 6.92 Å². The number of methoxy groups -OCH3 is 1. The first-order valence-electron chi connectivity index (χ1n) is 10.6. The lowest BCUT2D eigenvalue weighted by molar-refractivity contribution is -0.154. The number of ketones is 1. The predicted octanol–water partition coefficient (Wildman–Crippen LogP) is 2.31. The van der Waals surface area contributed by atoms with Gasteiger partial charge in [-0.15, -0.1) is 0 Å². The Labute approximate surface area is 191 Å². The van der Waals surface area contributed by atoms with E-state index in [0.29, 0.717) is 36.7 Å². The summed E-state index contributed by atoms with van der Waals surface area (Å²) in [5, 5.41) is 2.68. The van der Waals surface area contributed by atoms with Crippen molar-refractivity contribution in [2.24, 2.45) is 0 Å². The molecule has 1 unspecified atom stereocenters. The van der Waals surface area contributed by atoms with Crippen molar-refractivity contribution in [3.8, 4) is 5.75 Å². The highest BCUT2D eigenvalue weighted by molar-refractivity contribution is 6.00. The number of rotatable bonds is 9. The number of ether oxygens (including phenoxy) is 3. The minimum atomic E-state index is -0.796. The largest absolute Gasteiger partial charge is 0.497 e. The number of amides is 2. The minimum Gasteiger partial charge on any atom is -0.497 e. The monoisotopic (exact) mass is 454 g/mol. The van der Waals surface area contributed by atoms with Crippen molar-refractivity contribution < 1.29 is 33.4 Å². The smallest absolute Gasteiger partial charge is 0.338 e. The molecule has 1 aliphatic rings. The number of nitrogens with one attached hydrogen (secondary N) is 1. The first kappa shape index (κ1) is 23.9. The Morgan fingerprint density at radius 2 is 1.88 bits per heavy atom. The van der Waals surface area contributed by atoms with Crippen molar-refractivity contribution in [2.75, 3.05) is 38.7 Å². The third-order valence-electron chi connectivity index (χ3n) is 5.15. The first-order valence-corrected chi connectivity index (χ1v) is 10.6. The van der Waals surface area contributed by atoms with Crippen LogP contribution in [0, 0.1) is 0 Å². The summed E-state index contributed by atoms with van der Waals surface area (Å²) in [6.45, 7) is 2.96. The Morgan fingerprint density at radius 3 is 2.58 bits per heavy atom. The topological polar surface area (TPSA) is 111 Å². The van der Waals surface area contributed by atoms with Crippen molar-refractivity contribution in [1.82, 2.24) is 4.90 Å². The molecule has 0 bridgehead atoms. The van der Waals surface area contributed by atoms with Crippen molar-refractivity contribution in [3.63, 3.8) is 0 Å². The summed E-state index contributed by atoms with van der Waals surface area (Å²) < 4.78 is 15.6. The fraction of sp³-hybridized carbons (Fsp3) is 0.333. The van der Waals surface area contributed by atoms with Gasteiger partial charge >= 0.3 is 5.97 Å². The van der Waals surface area contributed by atoms with Crippen LogP contribution < -0.4 is 10.1 Å². The van der Waals surface area contributed by atoms with Gasteiger partial charge in [-0.2, -0.15) is 0 Å². The van der Waals surface area contributed by atoms with Gasteiger partial charge in [0.2, 0.25) is 5.91 Å². The summed E-state index contributed by atoms with van der Waals surface area (Å²) >= 11 is 0. The second-order valence-electron chi connectivity index (χ2n) is 7.34. The van der Waals surface area contributed by atoms with Crippen molar-refractivity contribution in [2.45, 2.75) is 19.4 Å². The Balaban J connectivity index is 1.49. The van der Waals surface area contributed by atoms with Crippen LogP contribution in [-0.4, -0.2) is 68.0 Å². The van der Waals surface area contributed by atoms with E-state index in [1.54, 1.807) is 41.3 Å². The highest BCUT2D eigenvalue weighted by Gasteiger charge is 2.30. The Kier molecular flexibility index (Phi) is 8.15. The Bertz CT molecular complexity index is 1020. The third-order valence-corrected chi connectivity index (χ3v) is 5.15. The van der Waals surface area contributed by atoms with E-state index >= 15 is 0 Å². The van der Waals surface area contributed by atoms with Crippen LogP contribution in [-0.2, 0) is 19.1 Å². The van der Waals surface area contributed by atoms with E-state index in [9.17, 15) is 19.2 Å². The molecule has 1 atom stereocenters. The molecule has 2 aromatic carbocycles. The van der Waals surface area contributed by atoms with E-state index in [4.69, 9.17) is 14.2 Å². The van der Waals surface area contributed by atoms with Gasteiger partial charge in [0.15, 0.2) is 12.4 Å². The first-order chi connectivity index (χ1) is 15.9. The van der Waals surface area contributed by atoms with E-state index < -0.39 is 18.7 Å². The fourth-order valence-electron chi connectivity index (χ4n) is 3.31. The van der Waals surface area contributed by atoms with Gasteiger partial charge in [0.05, 0.1) is 25.7 Å². The molecule has 0 aliphatic carbocycles. The zero-order valence-electron chi connectivity index (χ0n) is 18.5. The molecule has 9 heteroatoms. The standard InChI is InChI=1S/C24H26N2O7/c1-3-26-11-12-32-21(23(26)29)14-22(28)25-18-9-7-16(8-10-18)24(30)33-15-20(27)17-5-4-6-19(13-17)31-2/h4-10,13,21H,3,11-12,14-15H2,1-2H3,(H,25,28). The molecule has 3 rings (SSSR count). The second-order valence-corrected chi connectivity index (χ2v) is 7.34. The number of likely N-dealkylation sites (N-methyl/N-ethyl adjacent to an activating group) is 1. The van der Waals surface area contributed by atoms with Gasteiger partial charge in [-0.3, -0.25) is 14.4 Å². The molecule has 1 heterocycles. The number of hydrogen-bond donors (Lipinski definition) is 1. The number of carbonyl (C=O) groups excluding carboxylic acids is 4. The number of nitrogens with zero attached hydrogens (tertiary/aromatic N) is 1. The van der Waals surface area contributed by atoms with Crippen LogP contribution in [0.4, 0.5) is 5.69 Å². The predicted molar refractivity (Wildman–Crippen MR) is 119 cm³/mol. The Hall–Kier alpha value is -3.72. The SMILES string of the molecule is CCN1CCOC(CC(=O)Nc2ccc(C(=O)OCC(=O)c3cccc(OC)c3)cc2)C1=O. The molecule has 0 saturated carbocycles. The molecular weight excluding hydrogens is 428 g/mol. The maximum absolute atomic E-state index is 12.3. The van der Waals surface area contributed by atoms with Crippen LogP contribution >= 0.6 is 0 Å². The van der Waals surface area contributed by atoms with E-state index in [-0.39, 0.29) is 29.6 Å². The van der Waals surface area contributed by atoms with Gasteiger partial charge in [0.25, 0.3) is 5.91 Å². The molecule has 1 fully saturated rings. The van der Waals surface area contributed by atoms with Gasteiger partial charge in [0.1, 0.15) is 11.9 Å². The lowest BCUT2D eigenvalue weighted by Crippen LogP contribution is -2.48. The van der Waals surface area contributed by atoms with Gasteiger partial charge < -0.3 is 24.4 Å². The highest BCUT2D eigenvalue weighted by Crippen LogP contribution is 2.16. The van der Waals surface area contributed by atoms with Crippen LogP contribution in [0.3, 0.4) is 0 Å². The Morgan fingerprint density at radius 1 is 1.12 bits per heavy atom. The summed E-state index contributed by atoms with van der Waals surface area (Å²) in [6.07, 6.45) is -0.888. The molecule has 174 valence electrons. The summed E-state index contributed by atoms with van der Waals surface area (Å²) in [5.74, 6) is -1.05. The summed E-state index contributed by atoms with van der Waals surface area (Å²) in [4.78, 5) is 50.7. The van der Waals surface area contributed by atoms with Crippen molar-refractivity contribution in [1.29, 1.82) is 0 Å². The molecule has 1 saturated heterocycles. The fourth-order valence-corrected chi connectivity index (χ4v) is 3.31. The van der Waals surface area contributed by atoms with Crippen LogP contribution in [0.1, 0.15) is 34.1 Å².